The van der Waals surface area contributed by atoms with E-state index >= 15 is 0 Å². The molecular formula is C16H15ClFNO4S. The second kappa shape index (κ2) is 8.23. The van der Waals surface area contributed by atoms with E-state index in [1.54, 1.807) is 18.2 Å². The molecule has 0 heterocycles. The van der Waals surface area contributed by atoms with Crippen LogP contribution in [0.2, 0.25) is 5.02 Å². The zero-order valence-electron chi connectivity index (χ0n) is 12.5. The molecule has 0 aliphatic carbocycles. The average molecular weight is 372 g/mol. The maximum atomic E-state index is 12.9. The van der Waals surface area contributed by atoms with Crippen molar-refractivity contribution in [2.24, 2.45) is 0 Å². The van der Waals surface area contributed by atoms with Crippen LogP contribution < -0.4 is 4.72 Å². The summed E-state index contributed by atoms with van der Waals surface area (Å²) in [7, 11) is -3.66. The number of rotatable bonds is 7. The standard InChI is InChI=1S/C16H15ClFNO4S/c17-15-10-13(18)7-6-12(15)11-23-16(20)8-9-19-24(21,22)14-4-2-1-3-5-14/h1-7,10,19H,8-9,11H2. The third-order valence-electron chi connectivity index (χ3n) is 3.08. The first kappa shape index (κ1) is 18.4. The number of ether oxygens (including phenoxy) is 1. The van der Waals surface area contributed by atoms with Crippen molar-refractivity contribution in [1.82, 2.24) is 4.72 Å². The van der Waals surface area contributed by atoms with Gasteiger partial charge in [-0.2, -0.15) is 0 Å². The molecule has 0 radical (unpaired) electrons. The molecule has 0 spiro atoms. The van der Waals surface area contributed by atoms with Crippen LogP contribution in [-0.2, 0) is 26.2 Å². The number of esters is 1. The zero-order valence-corrected chi connectivity index (χ0v) is 14.1. The Hall–Kier alpha value is -1.96. The molecule has 2 aromatic carbocycles. The SMILES string of the molecule is O=C(CCNS(=O)(=O)c1ccccc1)OCc1ccc(F)cc1Cl. The number of carbonyl (C=O) groups is 1. The van der Waals surface area contributed by atoms with Gasteiger partial charge in [0.2, 0.25) is 10.0 Å². The molecule has 2 aromatic rings. The number of nitrogens with one attached hydrogen (secondary N) is 1. The van der Waals surface area contributed by atoms with Crippen LogP contribution in [0, 0.1) is 5.82 Å². The number of halogens is 2. The first-order chi connectivity index (χ1) is 11.4. The van der Waals surface area contributed by atoms with Crippen molar-refractivity contribution in [3.63, 3.8) is 0 Å². The quantitative estimate of drug-likeness (QED) is 0.759. The second-order valence-electron chi connectivity index (χ2n) is 4.86. The van der Waals surface area contributed by atoms with Gasteiger partial charge in [-0.1, -0.05) is 35.9 Å². The molecule has 5 nitrogen and oxygen atoms in total. The molecule has 1 N–H and O–H groups in total. The molecule has 24 heavy (non-hydrogen) atoms. The van der Waals surface area contributed by atoms with Crippen molar-refractivity contribution in [3.05, 3.63) is 64.9 Å². The van der Waals surface area contributed by atoms with Gasteiger partial charge in [-0.25, -0.2) is 17.5 Å². The lowest BCUT2D eigenvalue weighted by Gasteiger charge is -2.08. The number of carbonyl (C=O) groups excluding carboxylic acids is 1. The van der Waals surface area contributed by atoms with Gasteiger partial charge in [0.05, 0.1) is 16.3 Å². The van der Waals surface area contributed by atoms with Crippen LogP contribution in [0.4, 0.5) is 4.39 Å². The highest BCUT2D eigenvalue weighted by atomic mass is 35.5. The molecular weight excluding hydrogens is 357 g/mol. The van der Waals surface area contributed by atoms with Crippen molar-refractivity contribution in [2.45, 2.75) is 17.9 Å². The molecule has 0 amide bonds. The van der Waals surface area contributed by atoms with Crippen molar-refractivity contribution < 1.29 is 22.3 Å². The van der Waals surface area contributed by atoms with Gasteiger partial charge in [0.1, 0.15) is 12.4 Å². The number of hydrogen-bond donors (Lipinski definition) is 1. The van der Waals surface area contributed by atoms with E-state index in [4.69, 9.17) is 16.3 Å². The summed E-state index contributed by atoms with van der Waals surface area (Å²) >= 11 is 5.82. The van der Waals surface area contributed by atoms with Gasteiger partial charge in [0, 0.05) is 12.1 Å². The van der Waals surface area contributed by atoms with Gasteiger partial charge in [0.25, 0.3) is 0 Å². The van der Waals surface area contributed by atoms with Crippen LogP contribution in [-0.4, -0.2) is 20.9 Å². The van der Waals surface area contributed by atoms with Crippen LogP contribution in [0.3, 0.4) is 0 Å². The zero-order chi connectivity index (χ0) is 17.6. The molecule has 0 fully saturated rings. The molecule has 128 valence electrons. The van der Waals surface area contributed by atoms with E-state index in [0.717, 1.165) is 6.07 Å². The molecule has 0 aromatic heterocycles. The third-order valence-corrected chi connectivity index (χ3v) is 4.91. The summed E-state index contributed by atoms with van der Waals surface area (Å²) in [6.45, 7) is -0.198. The van der Waals surface area contributed by atoms with Crippen molar-refractivity contribution in [1.29, 1.82) is 0 Å². The van der Waals surface area contributed by atoms with E-state index in [2.05, 4.69) is 4.72 Å². The van der Waals surface area contributed by atoms with Crippen LogP contribution in [0.1, 0.15) is 12.0 Å². The minimum atomic E-state index is -3.66. The van der Waals surface area contributed by atoms with E-state index in [-0.39, 0.29) is 29.5 Å². The summed E-state index contributed by atoms with van der Waals surface area (Å²) < 4.78 is 44.1. The van der Waals surface area contributed by atoms with Crippen molar-refractivity contribution >= 4 is 27.6 Å². The summed E-state index contributed by atoms with van der Waals surface area (Å²) in [5.74, 6) is -1.07. The molecule has 0 saturated carbocycles. The molecule has 0 atom stereocenters. The Morgan fingerprint density at radius 2 is 1.88 bits per heavy atom. The predicted molar refractivity (Wildman–Crippen MR) is 87.5 cm³/mol. The first-order valence-electron chi connectivity index (χ1n) is 7.03. The molecule has 0 bridgehead atoms. The minimum absolute atomic E-state index is 0.0901. The normalized spacial score (nSPS) is 11.2. The van der Waals surface area contributed by atoms with Crippen LogP contribution in [0.5, 0.6) is 0 Å². The molecule has 0 saturated heterocycles. The number of sulfonamides is 1. The molecule has 0 aliphatic rings. The van der Waals surface area contributed by atoms with Crippen LogP contribution in [0.15, 0.2) is 53.4 Å². The highest BCUT2D eigenvalue weighted by Gasteiger charge is 2.14. The minimum Gasteiger partial charge on any atom is -0.461 e. The summed E-state index contributed by atoms with van der Waals surface area (Å²) in [5, 5.41) is 0.160. The summed E-state index contributed by atoms with van der Waals surface area (Å²) in [6, 6.07) is 11.6. The maximum absolute atomic E-state index is 12.9. The summed E-state index contributed by atoms with van der Waals surface area (Å²) in [6.07, 6.45) is -0.134. The predicted octanol–water partition coefficient (Wildman–Crippen LogP) is 2.89. The van der Waals surface area contributed by atoms with E-state index in [1.807, 2.05) is 0 Å². The van der Waals surface area contributed by atoms with Crippen LogP contribution in [0.25, 0.3) is 0 Å². The summed E-state index contributed by atoms with van der Waals surface area (Å²) in [4.78, 5) is 11.8. The van der Waals surface area contributed by atoms with Gasteiger partial charge in [0.15, 0.2) is 0 Å². The Bertz CT molecular complexity index is 812. The Kier molecular flexibility index (Phi) is 6.30. The molecule has 0 unspecified atom stereocenters. The van der Waals surface area contributed by atoms with E-state index in [0.29, 0.717) is 5.56 Å². The van der Waals surface area contributed by atoms with E-state index in [1.165, 1.54) is 24.3 Å². The molecule has 2 rings (SSSR count). The van der Waals surface area contributed by atoms with Gasteiger partial charge >= 0.3 is 5.97 Å². The highest BCUT2D eigenvalue weighted by Crippen LogP contribution is 2.18. The van der Waals surface area contributed by atoms with Crippen molar-refractivity contribution in [2.75, 3.05) is 6.54 Å². The third kappa shape index (κ3) is 5.30. The first-order valence-corrected chi connectivity index (χ1v) is 8.89. The largest absolute Gasteiger partial charge is 0.461 e. The average Bonchev–Trinajstić information content (AvgIpc) is 2.55. The smallest absolute Gasteiger partial charge is 0.307 e. The lowest BCUT2D eigenvalue weighted by Crippen LogP contribution is -2.26. The Balaban J connectivity index is 1.79. The van der Waals surface area contributed by atoms with Gasteiger partial charge in [-0.05, 0) is 24.3 Å². The Morgan fingerprint density at radius 3 is 2.54 bits per heavy atom. The van der Waals surface area contributed by atoms with Crippen LogP contribution >= 0.6 is 11.6 Å². The molecule has 0 aliphatic heterocycles. The molecule has 8 heteroatoms. The van der Waals surface area contributed by atoms with E-state index in [9.17, 15) is 17.6 Å². The fourth-order valence-corrected chi connectivity index (χ4v) is 3.11. The monoisotopic (exact) mass is 371 g/mol. The maximum Gasteiger partial charge on any atom is 0.307 e. The second-order valence-corrected chi connectivity index (χ2v) is 7.03. The highest BCUT2D eigenvalue weighted by molar-refractivity contribution is 7.89. The number of hydrogen-bond acceptors (Lipinski definition) is 4. The lowest BCUT2D eigenvalue weighted by atomic mass is 10.2. The fourth-order valence-electron chi connectivity index (χ4n) is 1.84. The lowest BCUT2D eigenvalue weighted by molar-refractivity contribution is -0.144. The van der Waals surface area contributed by atoms with Gasteiger partial charge in [-0.3, -0.25) is 4.79 Å². The Labute approximate surface area is 144 Å². The van der Waals surface area contributed by atoms with Gasteiger partial charge in [-0.15, -0.1) is 0 Å². The Morgan fingerprint density at radius 1 is 1.17 bits per heavy atom. The topological polar surface area (TPSA) is 72.5 Å². The van der Waals surface area contributed by atoms with Gasteiger partial charge < -0.3 is 4.74 Å². The summed E-state index contributed by atoms with van der Waals surface area (Å²) in [5.41, 5.74) is 0.469. The van der Waals surface area contributed by atoms with Crippen molar-refractivity contribution in [3.8, 4) is 0 Å². The van der Waals surface area contributed by atoms with E-state index < -0.39 is 21.8 Å². The fraction of sp³-hybridized carbons (Fsp3) is 0.188. The number of benzene rings is 2.